The van der Waals surface area contributed by atoms with E-state index in [4.69, 9.17) is 11.6 Å². The highest BCUT2D eigenvalue weighted by atomic mass is 35.5. The average Bonchev–Trinajstić information content (AvgIpc) is 2.53. The molecule has 0 aliphatic heterocycles. The fourth-order valence-electron chi connectivity index (χ4n) is 2.31. The molecule has 2 rings (SSSR count). The van der Waals surface area contributed by atoms with Gasteiger partial charge in [-0.2, -0.15) is 0 Å². The van der Waals surface area contributed by atoms with E-state index < -0.39 is 7.12 Å². The van der Waals surface area contributed by atoms with Gasteiger partial charge in [-0.25, -0.2) is 0 Å². The molecule has 0 spiro atoms. The lowest BCUT2D eigenvalue weighted by molar-refractivity contribution is 0.0690. The van der Waals surface area contributed by atoms with Crippen LogP contribution in [0.25, 0.3) is 0 Å². The van der Waals surface area contributed by atoms with Crippen molar-refractivity contribution >= 4 is 30.1 Å². The molecule has 1 amide bonds. The van der Waals surface area contributed by atoms with E-state index in [1.54, 1.807) is 11.0 Å². The van der Waals surface area contributed by atoms with Crippen LogP contribution in [0, 0.1) is 0 Å². The van der Waals surface area contributed by atoms with E-state index in [0.717, 1.165) is 5.56 Å². The van der Waals surface area contributed by atoms with Crippen molar-refractivity contribution in [1.29, 1.82) is 0 Å². The number of carbonyl (C=O) groups is 1. The summed E-state index contributed by atoms with van der Waals surface area (Å²) >= 11 is 5.92. The van der Waals surface area contributed by atoms with Gasteiger partial charge in [-0.3, -0.25) is 4.79 Å². The van der Waals surface area contributed by atoms with E-state index in [2.05, 4.69) is 0 Å². The van der Waals surface area contributed by atoms with Crippen molar-refractivity contribution in [3.05, 3.63) is 64.7 Å². The van der Waals surface area contributed by atoms with E-state index in [1.165, 1.54) is 12.1 Å². The highest BCUT2D eigenvalue weighted by Gasteiger charge is 2.22. The summed E-state index contributed by atoms with van der Waals surface area (Å²) in [5.41, 5.74) is 1.54. The summed E-state index contributed by atoms with van der Waals surface area (Å²) in [6.45, 7) is 4.37. The zero-order valence-corrected chi connectivity index (χ0v) is 13.9. The molecule has 23 heavy (non-hydrogen) atoms. The Morgan fingerprint density at radius 2 is 1.83 bits per heavy atom. The predicted octanol–water partition coefficient (Wildman–Crippen LogP) is 2.07. The van der Waals surface area contributed by atoms with Crippen molar-refractivity contribution in [3.8, 4) is 0 Å². The minimum Gasteiger partial charge on any atom is -0.423 e. The summed E-state index contributed by atoms with van der Waals surface area (Å²) in [6.07, 6.45) is 0. The Kier molecular flexibility index (Phi) is 5.83. The van der Waals surface area contributed by atoms with E-state index in [0.29, 0.717) is 12.1 Å². The van der Waals surface area contributed by atoms with Crippen molar-refractivity contribution < 1.29 is 14.8 Å². The fourth-order valence-corrected chi connectivity index (χ4v) is 2.52. The number of benzene rings is 2. The van der Waals surface area contributed by atoms with Crippen LogP contribution in [-0.2, 0) is 6.54 Å². The molecule has 0 heterocycles. The molecule has 2 aromatic carbocycles. The van der Waals surface area contributed by atoms with Gasteiger partial charge in [-0.15, -0.1) is 0 Å². The molecule has 0 aromatic heterocycles. The third kappa shape index (κ3) is 4.35. The predicted molar refractivity (Wildman–Crippen MR) is 92.7 cm³/mol. The summed E-state index contributed by atoms with van der Waals surface area (Å²) in [7, 11) is -1.71. The standard InChI is InChI=1S/C17H19BClNO3/c1-12(2)20(11-13-6-4-3-5-7-13)17(21)14-8-9-16(19)15(10-14)18(22)23/h3-10,12,22-23H,11H2,1-2H3. The van der Waals surface area contributed by atoms with Gasteiger partial charge in [0.25, 0.3) is 5.91 Å². The lowest BCUT2D eigenvalue weighted by Crippen LogP contribution is -2.38. The molecule has 4 nitrogen and oxygen atoms in total. The Hall–Kier alpha value is -1.82. The maximum atomic E-state index is 12.8. The SMILES string of the molecule is CC(C)N(Cc1ccccc1)C(=O)c1ccc(Cl)c(B(O)O)c1. The summed E-state index contributed by atoms with van der Waals surface area (Å²) in [4.78, 5) is 14.5. The van der Waals surface area contributed by atoms with Gasteiger partial charge in [0, 0.05) is 28.6 Å². The average molecular weight is 332 g/mol. The van der Waals surface area contributed by atoms with Gasteiger partial charge >= 0.3 is 7.12 Å². The molecule has 120 valence electrons. The molecule has 0 saturated heterocycles. The second kappa shape index (κ2) is 7.64. The van der Waals surface area contributed by atoms with Gasteiger partial charge in [0.05, 0.1) is 0 Å². The Bertz CT molecular complexity index is 677. The number of amides is 1. The quantitative estimate of drug-likeness (QED) is 0.825. The normalized spacial score (nSPS) is 10.7. The van der Waals surface area contributed by atoms with Gasteiger partial charge < -0.3 is 14.9 Å². The third-order valence-electron chi connectivity index (χ3n) is 3.60. The maximum absolute atomic E-state index is 12.8. The Morgan fingerprint density at radius 3 is 2.39 bits per heavy atom. The summed E-state index contributed by atoms with van der Waals surface area (Å²) in [5, 5.41) is 18.9. The Morgan fingerprint density at radius 1 is 1.17 bits per heavy atom. The lowest BCUT2D eigenvalue weighted by Gasteiger charge is -2.27. The molecule has 0 atom stereocenters. The molecule has 0 aliphatic rings. The van der Waals surface area contributed by atoms with Crippen LogP contribution < -0.4 is 5.46 Å². The van der Waals surface area contributed by atoms with Crippen LogP contribution in [0.4, 0.5) is 0 Å². The van der Waals surface area contributed by atoms with Crippen molar-refractivity contribution in [2.75, 3.05) is 0 Å². The second-order valence-corrected chi connectivity index (χ2v) is 6.03. The van der Waals surface area contributed by atoms with Gasteiger partial charge in [0.2, 0.25) is 0 Å². The number of hydrogen-bond donors (Lipinski definition) is 2. The van der Waals surface area contributed by atoms with E-state index in [9.17, 15) is 14.8 Å². The summed E-state index contributed by atoms with van der Waals surface area (Å²) in [5.74, 6) is -0.178. The van der Waals surface area contributed by atoms with Crippen LogP contribution in [0.3, 0.4) is 0 Å². The third-order valence-corrected chi connectivity index (χ3v) is 3.95. The molecule has 0 fully saturated rings. The molecule has 0 aliphatic carbocycles. The van der Waals surface area contributed by atoms with E-state index in [1.807, 2.05) is 44.2 Å². The minimum atomic E-state index is -1.71. The smallest absolute Gasteiger partial charge is 0.423 e. The van der Waals surface area contributed by atoms with Crippen LogP contribution in [-0.4, -0.2) is 34.0 Å². The van der Waals surface area contributed by atoms with Crippen LogP contribution in [0.5, 0.6) is 0 Å². The molecule has 2 N–H and O–H groups in total. The molecule has 0 unspecified atom stereocenters. The molecule has 0 bridgehead atoms. The van der Waals surface area contributed by atoms with E-state index >= 15 is 0 Å². The van der Waals surface area contributed by atoms with Gasteiger partial charge in [0.1, 0.15) is 0 Å². The zero-order valence-electron chi connectivity index (χ0n) is 13.1. The first-order valence-electron chi connectivity index (χ1n) is 7.40. The summed E-state index contributed by atoms with van der Waals surface area (Å²) in [6, 6.07) is 14.2. The number of carbonyl (C=O) groups excluding carboxylic acids is 1. The number of halogens is 1. The first-order valence-corrected chi connectivity index (χ1v) is 7.78. The topological polar surface area (TPSA) is 60.8 Å². The van der Waals surface area contributed by atoms with Crippen molar-refractivity contribution in [3.63, 3.8) is 0 Å². The second-order valence-electron chi connectivity index (χ2n) is 5.62. The highest BCUT2D eigenvalue weighted by Crippen LogP contribution is 2.15. The van der Waals surface area contributed by atoms with Crippen molar-refractivity contribution in [2.45, 2.75) is 26.4 Å². The van der Waals surface area contributed by atoms with Gasteiger partial charge in [-0.05, 0) is 37.6 Å². The Balaban J connectivity index is 2.29. The van der Waals surface area contributed by atoms with Crippen LogP contribution >= 0.6 is 11.6 Å². The first-order chi connectivity index (χ1) is 10.9. The molecule has 0 radical (unpaired) electrons. The van der Waals surface area contributed by atoms with Crippen molar-refractivity contribution in [2.24, 2.45) is 0 Å². The van der Waals surface area contributed by atoms with Gasteiger partial charge in [0.15, 0.2) is 0 Å². The van der Waals surface area contributed by atoms with Crippen molar-refractivity contribution in [1.82, 2.24) is 4.90 Å². The number of rotatable bonds is 5. The van der Waals surface area contributed by atoms with Crippen LogP contribution in [0.2, 0.25) is 5.02 Å². The first kappa shape index (κ1) is 17.5. The number of nitrogens with zero attached hydrogens (tertiary/aromatic N) is 1. The highest BCUT2D eigenvalue weighted by molar-refractivity contribution is 6.62. The van der Waals surface area contributed by atoms with Crippen LogP contribution in [0.15, 0.2) is 48.5 Å². The van der Waals surface area contributed by atoms with Crippen LogP contribution in [0.1, 0.15) is 29.8 Å². The lowest BCUT2D eigenvalue weighted by atomic mass is 9.79. The zero-order chi connectivity index (χ0) is 17.0. The largest absolute Gasteiger partial charge is 0.489 e. The fraction of sp³-hybridized carbons (Fsp3) is 0.235. The maximum Gasteiger partial charge on any atom is 0.489 e. The monoisotopic (exact) mass is 331 g/mol. The molecule has 2 aromatic rings. The minimum absolute atomic E-state index is 0.000819. The molecular formula is C17H19BClNO3. The van der Waals surface area contributed by atoms with Gasteiger partial charge in [-0.1, -0.05) is 41.9 Å². The molecule has 0 saturated carbocycles. The van der Waals surface area contributed by atoms with E-state index in [-0.39, 0.29) is 22.4 Å². The Labute approximate surface area is 141 Å². The summed E-state index contributed by atoms with van der Waals surface area (Å²) < 4.78 is 0. The molecular weight excluding hydrogens is 312 g/mol. The number of hydrogen-bond acceptors (Lipinski definition) is 3. The molecule has 6 heteroatoms.